The third-order valence-corrected chi connectivity index (χ3v) is 1.61. The van der Waals surface area contributed by atoms with Crippen molar-refractivity contribution in [3.8, 4) is 0 Å². The van der Waals surface area contributed by atoms with E-state index in [2.05, 4.69) is 0 Å². The summed E-state index contributed by atoms with van der Waals surface area (Å²) < 4.78 is 20.5. The van der Waals surface area contributed by atoms with Crippen molar-refractivity contribution in [3.05, 3.63) is 0 Å². The Kier molecular flexibility index (Phi) is 8.01. The summed E-state index contributed by atoms with van der Waals surface area (Å²) in [6.07, 6.45) is -2.22. The summed E-state index contributed by atoms with van der Waals surface area (Å²) in [5, 5.41) is 8.40. The van der Waals surface area contributed by atoms with Gasteiger partial charge in [0.25, 0.3) is 0 Å². The van der Waals surface area contributed by atoms with Crippen LogP contribution in [0.25, 0.3) is 0 Å². The molecule has 0 amide bonds. The fraction of sp³-hybridized carbons (Fsp3) is 0.900. The van der Waals surface area contributed by atoms with Gasteiger partial charge in [0.15, 0.2) is 18.9 Å². The SMILES string of the molecule is CC(N)OC(C)OC(C)OC(C)OCC(=O)O. The molecule has 4 unspecified atom stereocenters. The molecule has 0 saturated carbocycles. The van der Waals surface area contributed by atoms with Gasteiger partial charge in [0.1, 0.15) is 12.8 Å². The first-order valence-corrected chi connectivity index (χ1v) is 5.36. The summed E-state index contributed by atoms with van der Waals surface area (Å²) in [6.45, 7) is 6.19. The Hall–Kier alpha value is -0.730. The standard InChI is InChI=1S/C10H21NO6/c1-6(11)15-8(3)17-9(4)16-7(2)14-5-10(12)13/h6-9H,5,11H2,1-4H3,(H,12,13). The maximum Gasteiger partial charge on any atom is 0.329 e. The molecule has 102 valence electrons. The van der Waals surface area contributed by atoms with E-state index in [1.165, 1.54) is 0 Å². The molecule has 0 aromatic rings. The van der Waals surface area contributed by atoms with Crippen LogP contribution in [0.4, 0.5) is 0 Å². The lowest BCUT2D eigenvalue weighted by atomic mass is 10.6. The first kappa shape index (κ1) is 16.3. The van der Waals surface area contributed by atoms with Crippen molar-refractivity contribution in [2.75, 3.05) is 6.61 Å². The summed E-state index contributed by atoms with van der Waals surface area (Å²) in [6, 6.07) is 0. The molecule has 0 aliphatic carbocycles. The predicted octanol–water partition coefficient (Wildman–Crippen LogP) is 0.480. The molecule has 0 bridgehead atoms. The Labute approximate surface area is 101 Å². The highest BCUT2D eigenvalue weighted by Gasteiger charge is 2.14. The van der Waals surface area contributed by atoms with Gasteiger partial charge < -0.3 is 29.8 Å². The molecule has 3 N–H and O–H groups in total. The van der Waals surface area contributed by atoms with Crippen LogP contribution in [0, 0.1) is 0 Å². The summed E-state index contributed by atoms with van der Waals surface area (Å²) in [4.78, 5) is 10.2. The molecule has 0 rings (SSSR count). The van der Waals surface area contributed by atoms with Gasteiger partial charge in [-0.05, 0) is 27.7 Å². The van der Waals surface area contributed by atoms with Crippen molar-refractivity contribution in [1.82, 2.24) is 0 Å². The van der Waals surface area contributed by atoms with Gasteiger partial charge in [-0.15, -0.1) is 0 Å². The number of nitrogens with two attached hydrogens (primary N) is 1. The van der Waals surface area contributed by atoms with E-state index in [0.717, 1.165) is 0 Å². The molecule has 0 spiro atoms. The molecule has 17 heavy (non-hydrogen) atoms. The van der Waals surface area contributed by atoms with Crippen molar-refractivity contribution in [1.29, 1.82) is 0 Å². The minimum absolute atomic E-state index is 0.417. The van der Waals surface area contributed by atoms with Crippen LogP contribution in [0.15, 0.2) is 0 Å². The van der Waals surface area contributed by atoms with Crippen molar-refractivity contribution < 1.29 is 28.8 Å². The van der Waals surface area contributed by atoms with Crippen LogP contribution < -0.4 is 5.73 Å². The number of hydrogen-bond acceptors (Lipinski definition) is 6. The molecule has 0 saturated heterocycles. The first-order chi connectivity index (χ1) is 7.81. The number of hydrogen-bond donors (Lipinski definition) is 2. The molecule has 0 fully saturated rings. The van der Waals surface area contributed by atoms with Crippen LogP contribution in [0.1, 0.15) is 27.7 Å². The van der Waals surface area contributed by atoms with E-state index in [4.69, 9.17) is 29.8 Å². The summed E-state index contributed by atoms with van der Waals surface area (Å²) in [5.41, 5.74) is 5.42. The number of carboxylic acids is 1. The van der Waals surface area contributed by atoms with Gasteiger partial charge >= 0.3 is 5.97 Å². The van der Waals surface area contributed by atoms with Gasteiger partial charge in [-0.25, -0.2) is 4.79 Å². The molecule has 0 aliphatic heterocycles. The zero-order valence-electron chi connectivity index (χ0n) is 10.6. The van der Waals surface area contributed by atoms with Gasteiger partial charge in [0, 0.05) is 0 Å². The van der Waals surface area contributed by atoms with Crippen molar-refractivity contribution in [2.24, 2.45) is 5.73 Å². The second-order valence-corrected chi connectivity index (χ2v) is 3.52. The zero-order chi connectivity index (χ0) is 13.4. The minimum atomic E-state index is -1.05. The second kappa shape index (κ2) is 8.37. The third-order valence-electron chi connectivity index (χ3n) is 1.61. The van der Waals surface area contributed by atoms with Gasteiger partial charge in [-0.3, -0.25) is 0 Å². The normalized spacial score (nSPS) is 18.4. The average Bonchev–Trinajstić information content (AvgIpc) is 2.12. The number of ether oxygens (including phenoxy) is 4. The lowest BCUT2D eigenvalue weighted by Crippen LogP contribution is -2.31. The highest BCUT2D eigenvalue weighted by molar-refractivity contribution is 5.67. The average molecular weight is 251 g/mol. The summed E-state index contributed by atoms with van der Waals surface area (Å²) in [5.74, 6) is -1.05. The van der Waals surface area contributed by atoms with Crippen LogP contribution >= 0.6 is 0 Å². The first-order valence-electron chi connectivity index (χ1n) is 5.36. The lowest BCUT2D eigenvalue weighted by molar-refractivity contribution is -0.284. The van der Waals surface area contributed by atoms with Crippen molar-refractivity contribution in [3.63, 3.8) is 0 Å². The Morgan fingerprint density at radius 1 is 1.06 bits per heavy atom. The topological polar surface area (TPSA) is 100 Å². The maximum absolute atomic E-state index is 10.2. The molecule has 4 atom stereocenters. The molecular formula is C10H21NO6. The summed E-state index contributed by atoms with van der Waals surface area (Å²) >= 11 is 0. The molecular weight excluding hydrogens is 230 g/mol. The van der Waals surface area contributed by atoms with Crippen LogP contribution in [-0.2, 0) is 23.7 Å². The number of rotatable bonds is 9. The molecule has 0 aromatic carbocycles. The van der Waals surface area contributed by atoms with E-state index in [9.17, 15) is 4.79 Å². The lowest BCUT2D eigenvalue weighted by Gasteiger charge is -2.23. The molecule has 0 heterocycles. The fourth-order valence-electron chi connectivity index (χ4n) is 1.13. The van der Waals surface area contributed by atoms with Crippen molar-refractivity contribution >= 4 is 5.97 Å². The minimum Gasteiger partial charge on any atom is -0.480 e. The van der Waals surface area contributed by atoms with Crippen molar-refractivity contribution in [2.45, 2.75) is 52.8 Å². The monoisotopic (exact) mass is 251 g/mol. The van der Waals surface area contributed by atoms with Crippen LogP contribution in [0.3, 0.4) is 0 Å². The molecule has 7 heteroatoms. The number of carbonyl (C=O) groups is 1. The highest BCUT2D eigenvalue weighted by Crippen LogP contribution is 2.06. The molecule has 0 aliphatic rings. The van der Waals surface area contributed by atoms with E-state index in [1.54, 1.807) is 27.7 Å². The molecule has 0 radical (unpaired) electrons. The van der Waals surface area contributed by atoms with Gasteiger partial charge in [-0.2, -0.15) is 0 Å². The van der Waals surface area contributed by atoms with Gasteiger partial charge in [-0.1, -0.05) is 0 Å². The summed E-state index contributed by atoms with van der Waals surface area (Å²) in [7, 11) is 0. The van der Waals surface area contributed by atoms with E-state index >= 15 is 0 Å². The molecule has 7 nitrogen and oxygen atoms in total. The Morgan fingerprint density at radius 2 is 1.53 bits per heavy atom. The third kappa shape index (κ3) is 10.2. The predicted molar refractivity (Wildman–Crippen MR) is 58.9 cm³/mol. The van der Waals surface area contributed by atoms with E-state index in [0.29, 0.717) is 0 Å². The van der Waals surface area contributed by atoms with E-state index in [-0.39, 0.29) is 0 Å². The van der Waals surface area contributed by atoms with Crippen LogP contribution in [0.5, 0.6) is 0 Å². The maximum atomic E-state index is 10.2. The Bertz CT molecular complexity index is 223. The van der Waals surface area contributed by atoms with Gasteiger partial charge in [0.05, 0.1) is 0 Å². The Morgan fingerprint density at radius 3 is 2.00 bits per heavy atom. The molecule has 0 aromatic heterocycles. The van der Waals surface area contributed by atoms with Gasteiger partial charge in [0.2, 0.25) is 0 Å². The fourth-order valence-corrected chi connectivity index (χ4v) is 1.13. The zero-order valence-corrected chi connectivity index (χ0v) is 10.6. The van der Waals surface area contributed by atoms with Crippen LogP contribution in [-0.4, -0.2) is 42.8 Å². The van der Waals surface area contributed by atoms with E-state index < -0.39 is 37.7 Å². The largest absolute Gasteiger partial charge is 0.480 e. The Balaban J connectivity index is 3.76. The number of aliphatic carboxylic acids is 1. The van der Waals surface area contributed by atoms with E-state index in [1.807, 2.05) is 0 Å². The van der Waals surface area contributed by atoms with Crippen LogP contribution in [0.2, 0.25) is 0 Å². The smallest absolute Gasteiger partial charge is 0.329 e. The number of carboxylic acid groups (broad SMARTS) is 1. The quantitative estimate of drug-likeness (QED) is 0.575. The highest BCUT2D eigenvalue weighted by atomic mass is 16.8. The second-order valence-electron chi connectivity index (χ2n) is 3.52.